The summed E-state index contributed by atoms with van der Waals surface area (Å²) >= 11 is 0. The SMILES string of the molecule is CCN(CC)C(=O)c1ccc(CNC(=NC)N2CCN(C(=O)c3ccco3)CC2)cc1.I. The Morgan fingerprint density at radius 1 is 1.03 bits per heavy atom. The van der Waals surface area contributed by atoms with Crippen LogP contribution in [0.25, 0.3) is 0 Å². The van der Waals surface area contributed by atoms with Crippen LogP contribution in [0, 0.1) is 0 Å². The van der Waals surface area contributed by atoms with E-state index in [9.17, 15) is 9.59 Å². The lowest BCUT2D eigenvalue weighted by molar-refractivity contribution is 0.0657. The van der Waals surface area contributed by atoms with E-state index >= 15 is 0 Å². The monoisotopic (exact) mass is 553 g/mol. The van der Waals surface area contributed by atoms with E-state index in [0.29, 0.717) is 57.1 Å². The van der Waals surface area contributed by atoms with Gasteiger partial charge in [0.05, 0.1) is 6.26 Å². The number of benzene rings is 1. The lowest BCUT2D eigenvalue weighted by atomic mass is 10.1. The Morgan fingerprint density at radius 2 is 1.66 bits per heavy atom. The molecule has 1 fully saturated rings. The van der Waals surface area contributed by atoms with Gasteiger partial charge in [-0.05, 0) is 43.7 Å². The van der Waals surface area contributed by atoms with Crippen LogP contribution in [0.15, 0.2) is 52.1 Å². The molecule has 3 rings (SSSR count). The molecule has 2 heterocycles. The van der Waals surface area contributed by atoms with E-state index in [1.165, 1.54) is 6.26 Å². The Bertz CT molecular complexity index is 887. The van der Waals surface area contributed by atoms with Crippen molar-refractivity contribution in [3.8, 4) is 0 Å². The van der Waals surface area contributed by atoms with Crippen LogP contribution in [-0.4, -0.2) is 78.8 Å². The molecule has 1 aromatic carbocycles. The van der Waals surface area contributed by atoms with Crippen molar-refractivity contribution in [3.05, 3.63) is 59.5 Å². The largest absolute Gasteiger partial charge is 0.459 e. The molecule has 1 N–H and O–H groups in total. The van der Waals surface area contributed by atoms with Gasteiger partial charge in [0.1, 0.15) is 0 Å². The van der Waals surface area contributed by atoms with Crippen molar-refractivity contribution in [2.24, 2.45) is 4.99 Å². The van der Waals surface area contributed by atoms with Gasteiger partial charge in [-0.15, -0.1) is 24.0 Å². The lowest BCUT2D eigenvalue weighted by Crippen LogP contribution is -2.53. The minimum absolute atomic E-state index is 0. The molecular weight excluding hydrogens is 521 g/mol. The molecule has 2 aromatic rings. The van der Waals surface area contributed by atoms with Gasteiger partial charge in [-0.1, -0.05) is 12.1 Å². The van der Waals surface area contributed by atoms with Gasteiger partial charge in [0, 0.05) is 58.4 Å². The second-order valence-electron chi connectivity index (χ2n) is 7.33. The summed E-state index contributed by atoms with van der Waals surface area (Å²) in [5.41, 5.74) is 1.78. The number of rotatable bonds is 6. The normalized spacial score (nSPS) is 14.0. The van der Waals surface area contributed by atoms with Crippen LogP contribution in [0.3, 0.4) is 0 Å². The standard InChI is InChI=1S/C23H31N5O3.HI/c1-4-26(5-2)21(29)19-10-8-18(9-11-19)17-25-23(24-3)28-14-12-27(13-15-28)22(30)20-7-6-16-31-20;/h6-11,16H,4-5,12-15,17H2,1-3H3,(H,24,25);1H. The van der Waals surface area contributed by atoms with E-state index < -0.39 is 0 Å². The number of carbonyl (C=O) groups is 2. The van der Waals surface area contributed by atoms with Gasteiger partial charge in [0.15, 0.2) is 11.7 Å². The minimum Gasteiger partial charge on any atom is -0.459 e. The highest BCUT2D eigenvalue weighted by molar-refractivity contribution is 14.0. The van der Waals surface area contributed by atoms with Crippen LogP contribution in [0.2, 0.25) is 0 Å². The maximum atomic E-state index is 12.4. The smallest absolute Gasteiger partial charge is 0.289 e. The van der Waals surface area contributed by atoms with E-state index in [1.807, 2.05) is 43.0 Å². The van der Waals surface area contributed by atoms with Crippen LogP contribution in [0.1, 0.15) is 40.3 Å². The summed E-state index contributed by atoms with van der Waals surface area (Å²) in [7, 11) is 1.76. The predicted molar refractivity (Wildman–Crippen MR) is 135 cm³/mol. The second kappa shape index (κ2) is 12.5. The summed E-state index contributed by atoms with van der Waals surface area (Å²) < 4.78 is 5.22. The predicted octanol–water partition coefficient (Wildman–Crippen LogP) is 2.91. The molecule has 174 valence electrons. The average molecular weight is 553 g/mol. The molecule has 0 atom stereocenters. The number of furan rings is 1. The summed E-state index contributed by atoms with van der Waals surface area (Å²) in [4.78, 5) is 35.0. The van der Waals surface area contributed by atoms with Crippen molar-refractivity contribution in [1.29, 1.82) is 0 Å². The van der Waals surface area contributed by atoms with E-state index in [-0.39, 0.29) is 35.8 Å². The summed E-state index contributed by atoms with van der Waals surface area (Å²) in [5, 5.41) is 3.38. The molecule has 32 heavy (non-hydrogen) atoms. The maximum absolute atomic E-state index is 12.4. The highest BCUT2D eigenvalue weighted by Gasteiger charge is 2.25. The Morgan fingerprint density at radius 3 is 2.19 bits per heavy atom. The van der Waals surface area contributed by atoms with Gasteiger partial charge < -0.3 is 24.4 Å². The molecule has 1 saturated heterocycles. The summed E-state index contributed by atoms with van der Waals surface area (Å²) in [5.74, 6) is 1.15. The van der Waals surface area contributed by atoms with Crippen LogP contribution in [0.4, 0.5) is 0 Å². The highest BCUT2D eigenvalue weighted by Crippen LogP contribution is 2.11. The quantitative estimate of drug-likeness (QED) is 0.338. The van der Waals surface area contributed by atoms with Crippen molar-refractivity contribution in [2.45, 2.75) is 20.4 Å². The zero-order chi connectivity index (χ0) is 22.2. The van der Waals surface area contributed by atoms with E-state index in [2.05, 4.69) is 15.2 Å². The third-order valence-electron chi connectivity index (χ3n) is 5.51. The third-order valence-corrected chi connectivity index (χ3v) is 5.51. The Balaban J connectivity index is 0.00000363. The molecule has 0 saturated carbocycles. The fraction of sp³-hybridized carbons (Fsp3) is 0.435. The number of aliphatic imine (C=N–C) groups is 1. The number of nitrogens with zero attached hydrogens (tertiary/aromatic N) is 4. The molecule has 1 aromatic heterocycles. The zero-order valence-electron chi connectivity index (χ0n) is 18.9. The summed E-state index contributed by atoms with van der Waals surface area (Å²) in [6, 6.07) is 11.1. The highest BCUT2D eigenvalue weighted by atomic mass is 127. The van der Waals surface area contributed by atoms with Crippen LogP contribution >= 0.6 is 24.0 Å². The molecular formula is C23H32IN5O3. The first-order valence-electron chi connectivity index (χ1n) is 10.7. The molecule has 9 heteroatoms. The van der Waals surface area contributed by atoms with Crippen LogP contribution < -0.4 is 5.32 Å². The topological polar surface area (TPSA) is 81.4 Å². The average Bonchev–Trinajstić information content (AvgIpc) is 3.35. The second-order valence-corrected chi connectivity index (χ2v) is 7.33. The van der Waals surface area contributed by atoms with Gasteiger partial charge >= 0.3 is 0 Å². The number of carbonyl (C=O) groups excluding carboxylic acids is 2. The molecule has 1 aliphatic rings. The zero-order valence-corrected chi connectivity index (χ0v) is 21.2. The fourth-order valence-corrected chi connectivity index (χ4v) is 3.65. The van der Waals surface area contributed by atoms with Crippen molar-refractivity contribution < 1.29 is 14.0 Å². The third kappa shape index (κ3) is 6.24. The first-order valence-corrected chi connectivity index (χ1v) is 10.7. The fourth-order valence-electron chi connectivity index (χ4n) is 3.65. The molecule has 0 unspecified atom stereocenters. The Labute approximate surface area is 206 Å². The van der Waals surface area contributed by atoms with Crippen LogP contribution in [-0.2, 0) is 6.54 Å². The summed E-state index contributed by atoms with van der Waals surface area (Å²) in [6.45, 7) is 8.61. The van der Waals surface area contributed by atoms with Crippen molar-refractivity contribution in [3.63, 3.8) is 0 Å². The number of halogens is 1. The maximum Gasteiger partial charge on any atom is 0.289 e. The molecule has 0 aliphatic carbocycles. The number of nitrogens with one attached hydrogen (secondary N) is 1. The minimum atomic E-state index is -0.0769. The van der Waals surface area contributed by atoms with E-state index in [1.54, 1.807) is 24.1 Å². The van der Waals surface area contributed by atoms with Gasteiger partial charge in [-0.2, -0.15) is 0 Å². The van der Waals surface area contributed by atoms with Crippen LogP contribution in [0.5, 0.6) is 0 Å². The van der Waals surface area contributed by atoms with Crippen molar-refractivity contribution >= 4 is 41.8 Å². The number of hydrogen-bond donors (Lipinski definition) is 1. The number of piperazine rings is 1. The Kier molecular flexibility index (Phi) is 10.0. The van der Waals surface area contributed by atoms with Crippen molar-refractivity contribution in [1.82, 2.24) is 20.0 Å². The molecule has 0 radical (unpaired) electrons. The van der Waals surface area contributed by atoms with Gasteiger partial charge in [0.2, 0.25) is 0 Å². The molecule has 1 aliphatic heterocycles. The van der Waals surface area contributed by atoms with Crippen molar-refractivity contribution in [2.75, 3.05) is 46.3 Å². The molecule has 2 amide bonds. The lowest BCUT2D eigenvalue weighted by Gasteiger charge is -2.36. The number of amides is 2. The van der Waals surface area contributed by atoms with Gasteiger partial charge in [0.25, 0.3) is 11.8 Å². The number of guanidine groups is 1. The van der Waals surface area contributed by atoms with E-state index in [0.717, 1.165) is 11.5 Å². The first kappa shape index (κ1) is 25.7. The summed E-state index contributed by atoms with van der Waals surface area (Å²) in [6.07, 6.45) is 1.52. The molecule has 0 spiro atoms. The van der Waals surface area contributed by atoms with Gasteiger partial charge in [-0.25, -0.2) is 0 Å². The number of hydrogen-bond acceptors (Lipinski definition) is 4. The molecule has 0 bridgehead atoms. The molecule has 8 nitrogen and oxygen atoms in total. The van der Waals surface area contributed by atoms with Gasteiger partial charge in [-0.3, -0.25) is 14.6 Å². The Hall–Kier alpha value is -2.56. The first-order chi connectivity index (χ1) is 15.1. The van der Waals surface area contributed by atoms with E-state index in [4.69, 9.17) is 4.42 Å².